The van der Waals surface area contributed by atoms with Gasteiger partial charge in [0.15, 0.2) is 0 Å². The number of hydrogen-bond acceptors (Lipinski definition) is 1. The highest BCUT2D eigenvalue weighted by atomic mass is 15.0. The van der Waals surface area contributed by atoms with Crippen molar-refractivity contribution in [2.75, 3.05) is 0 Å². The Hall–Kier alpha value is -6.97. The molecule has 0 unspecified atom stereocenters. The van der Waals surface area contributed by atoms with Gasteiger partial charge in [0.05, 0.1) is 27.6 Å². The predicted molar refractivity (Wildman–Crippen MR) is 225 cm³/mol. The number of pyridine rings is 1. The van der Waals surface area contributed by atoms with Crippen LogP contribution in [0.3, 0.4) is 0 Å². The Labute approximate surface area is 307 Å². The summed E-state index contributed by atoms with van der Waals surface area (Å²) in [6, 6.07) is 53.3. The third-order valence-electron chi connectivity index (χ3n) is 11.2. The number of allylic oxidation sites excluding steroid dienone is 1. The summed E-state index contributed by atoms with van der Waals surface area (Å²) in [6.07, 6.45) is 8.21. The molecule has 3 nitrogen and oxygen atoms in total. The Morgan fingerprint density at radius 3 is 2.08 bits per heavy atom. The van der Waals surface area contributed by atoms with Crippen LogP contribution in [0.15, 0.2) is 164 Å². The first-order valence-electron chi connectivity index (χ1n) is 18.2. The van der Waals surface area contributed by atoms with E-state index in [1.165, 1.54) is 87.9 Å². The van der Waals surface area contributed by atoms with E-state index in [0.29, 0.717) is 0 Å². The third kappa shape index (κ3) is 4.19. The van der Waals surface area contributed by atoms with Crippen LogP contribution in [0.2, 0.25) is 0 Å². The summed E-state index contributed by atoms with van der Waals surface area (Å²) in [7, 11) is 0. The molecule has 0 saturated heterocycles. The summed E-state index contributed by atoms with van der Waals surface area (Å²) in [6.45, 7) is 6.22. The lowest BCUT2D eigenvalue weighted by Gasteiger charge is -2.12. The van der Waals surface area contributed by atoms with Gasteiger partial charge in [-0.1, -0.05) is 104 Å². The average Bonchev–Trinajstić information content (AvgIpc) is 3.84. The van der Waals surface area contributed by atoms with Gasteiger partial charge in [-0.3, -0.25) is 4.98 Å². The minimum absolute atomic E-state index is 1.05. The molecule has 0 spiro atoms. The van der Waals surface area contributed by atoms with Gasteiger partial charge < -0.3 is 9.13 Å². The van der Waals surface area contributed by atoms with Crippen LogP contribution in [0, 0.1) is 0 Å². The fraction of sp³-hybridized carbons (Fsp3) is 0.0200. The summed E-state index contributed by atoms with van der Waals surface area (Å²) < 4.78 is 4.83. The maximum absolute atomic E-state index is 4.67. The Morgan fingerprint density at radius 2 is 1.26 bits per heavy atom. The second-order valence-electron chi connectivity index (χ2n) is 13.9. The quantitative estimate of drug-likeness (QED) is 0.178. The minimum atomic E-state index is 1.05. The lowest BCUT2D eigenvalue weighted by atomic mass is 9.99. The van der Waals surface area contributed by atoms with E-state index in [1.54, 1.807) is 0 Å². The van der Waals surface area contributed by atoms with Crippen molar-refractivity contribution < 1.29 is 0 Å². The molecule has 0 N–H and O–H groups in total. The van der Waals surface area contributed by atoms with E-state index in [4.69, 9.17) is 0 Å². The highest BCUT2D eigenvalue weighted by molar-refractivity contribution is 6.16. The molecule has 3 heteroatoms. The molecule has 53 heavy (non-hydrogen) atoms. The van der Waals surface area contributed by atoms with E-state index in [9.17, 15) is 0 Å². The third-order valence-corrected chi connectivity index (χ3v) is 11.2. The average molecular weight is 676 g/mol. The molecule has 3 aromatic heterocycles. The van der Waals surface area contributed by atoms with Gasteiger partial charge in [-0.15, -0.1) is 0 Å². The Bertz CT molecular complexity index is 3190. The minimum Gasteiger partial charge on any atom is -0.309 e. The lowest BCUT2D eigenvalue weighted by Crippen LogP contribution is -1.96. The van der Waals surface area contributed by atoms with Gasteiger partial charge in [-0.05, 0) is 113 Å². The molecular formula is C50H33N3. The summed E-state index contributed by atoms with van der Waals surface area (Å²) in [5, 5.41) is 6.19. The number of benzene rings is 7. The summed E-state index contributed by atoms with van der Waals surface area (Å²) in [5.41, 5.74) is 17.9. The van der Waals surface area contributed by atoms with Crippen molar-refractivity contribution in [1.82, 2.24) is 14.1 Å². The number of hydrogen-bond donors (Lipinski definition) is 0. The molecule has 0 fully saturated rings. The van der Waals surface area contributed by atoms with Crippen molar-refractivity contribution >= 4 is 66.7 Å². The molecule has 0 saturated carbocycles. The van der Waals surface area contributed by atoms with Crippen molar-refractivity contribution in [1.29, 1.82) is 0 Å². The van der Waals surface area contributed by atoms with Crippen LogP contribution < -0.4 is 0 Å². The van der Waals surface area contributed by atoms with Crippen LogP contribution >= 0.6 is 0 Å². The molecule has 1 aliphatic rings. The molecule has 0 amide bonds. The number of fused-ring (bicyclic) bond motifs is 9. The summed E-state index contributed by atoms with van der Waals surface area (Å²) in [5.74, 6) is 0. The normalized spacial score (nSPS) is 12.2. The van der Waals surface area contributed by atoms with Gasteiger partial charge in [0, 0.05) is 50.1 Å². The van der Waals surface area contributed by atoms with E-state index < -0.39 is 0 Å². The molecule has 0 radical (unpaired) electrons. The Kier molecular flexibility index (Phi) is 6.32. The maximum atomic E-state index is 4.67. The fourth-order valence-corrected chi connectivity index (χ4v) is 8.91. The van der Waals surface area contributed by atoms with E-state index in [0.717, 1.165) is 22.5 Å². The van der Waals surface area contributed by atoms with E-state index in [-0.39, 0.29) is 0 Å². The van der Waals surface area contributed by atoms with Gasteiger partial charge in [-0.25, -0.2) is 0 Å². The van der Waals surface area contributed by atoms with Crippen LogP contribution in [-0.4, -0.2) is 14.1 Å². The highest BCUT2D eigenvalue weighted by Crippen LogP contribution is 2.48. The SMILES string of the molecule is C=Cc1ccc2c3cc(-c4ccc5c(c4)c4ccccc4n5-c4ccc5c(c4)-c4cccc6nccc-5c46)ccc3n(-c3ccccc3)c2c1/C=C\C. The molecule has 0 aliphatic heterocycles. The largest absolute Gasteiger partial charge is 0.309 e. The van der Waals surface area contributed by atoms with Crippen molar-refractivity contribution in [3.8, 4) is 44.8 Å². The fourth-order valence-electron chi connectivity index (χ4n) is 8.91. The monoisotopic (exact) mass is 675 g/mol. The first-order valence-corrected chi connectivity index (χ1v) is 18.2. The van der Waals surface area contributed by atoms with E-state index >= 15 is 0 Å². The number of para-hydroxylation sites is 2. The van der Waals surface area contributed by atoms with Gasteiger partial charge in [0.2, 0.25) is 0 Å². The number of nitrogens with zero attached hydrogens (tertiary/aromatic N) is 3. The van der Waals surface area contributed by atoms with E-state index in [2.05, 4.69) is 185 Å². The standard InChI is InChI=1S/C50H33N3/c1-3-11-36-31(4-2)18-22-41-44-29-33(20-25-48(44)53(50(36)41)34-12-6-5-7-13-34)32-19-24-47-43(28-32)38-14-8-9-17-46(38)52(47)35-21-23-37-40-26-27-51-45-16-10-15-39(49(40)45)42(37)30-35/h3-30H,2H2,1H3/b11-3-. The van der Waals surface area contributed by atoms with Crippen LogP contribution in [0.5, 0.6) is 0 Å². The van der Waals surface area contributed by atoms with Gasteiger partial charge in [-0.2, -0.15) is 0 Å². The smallest absolute Gasteiger partial charge is 0.0714 e. The van der Waals surface area contributed by atoms with Crippen LogP contribution in [-0.2, 0) is 0 Å². The number of rotatable bonds is 5. The lowest BCUT2D eigenvalue weighted by molar-refractivity contribution is 1.18. The van der Waals surface area contributed by atoms with E-state index in [1.807, 2.05) is 12.3 Å². The molecule has 11 rings (SSSR count). The number of aromatic nitrogens is 3. The maximum Gasteiger partial charge on any atom is 0.0714 e. The Morgan fingerprint density at radius 1 is 0.528 bits per heavy atom. The molecule has 0 bridgehead atoms. The zero-order valence-corrected chi connectivity index (χ0v) is 29.2. The van der Waals surface area contributed by atoms with Gasteiger partial charge >= 0.3 is 0 Å². The second-order valence-corrected chi connectivity index (χ2v) is 13.9. The van der Waals surface area contributed by atoms with Crippen LogP contribution in [0.1, 0.15) is 18.1 Å². The summed E-state index contributed by atoms with van der Waals surface area (Å²) in [4.78, 5) is 4.67. The zero-order chi connectivity index (χ0) is 35.2. The van der Waals surface area contributed by atoms with Crippen molar-refractivity contribution in [2.45, 2.75) is 6.92 Å². The van der Waals surface area contributed by atoms with Crippen molar-refractivity contribution in [3.05, 3.63) is 176 Å². The first-order chi connectivity index (χ1) is 26.2. The van der Waals surface area contributed by atoms with Crippen LogP contribution in [0.4, 0.5) is 0 Å². The van der Waals surface area contributed by atoms with Crippen molar-refractivity contribution in [3.63, 3.8) is 0 Å². The zero-order valence-electron chi connectivity index (χ0n) is 29.2. The van der Waals surface area contributed by atoms with Crippen LogP contribution in [0.25, 0.3) is 111 Å². The molecule has 248 valence electrons. The second kappa shape index (κ2) is 11.3. The molecule has 3 heterocycles. The summed E-state index contributed by atoms with van der Waals surface area (Å²) >= 11 is 0. The predicted octanol–water partition coefficient (Wildman–Crippen LogP) is 13.4. The molecule has 0 atom stereocenters. The van der Waals surface area contributed by atoms with Gasteiger partial charge in [0.1, 0.15) is 0 Å². The molecule has 1 aliphatic carbocycles. The topological polar surface area (TPSA) is 22.8 Å². The molecular weight excluding hydrogens is 643 g/mol. The molecule has 7 aromatic carbocycles. The first kappa shape index (κ1) is 29.7. The molecule has 10 aromatic rings. The Balaban J connectivity index is 1.11. The highest BCUT2D eigenvalue weighted by Gasteiger charge is 2.23. The van der Waals surface area contributed by atoms with Crippen molar-refractivity contribution in [2.24, 2.45) is 0 Å². The van der Waals surface area contributed by atoms with Gasteiger partial charge in [0.25, 0.3) is 0 Å².